The van der Waals surface area contributed by atoms with Crippen LogP contribution in [0.4, 0.5) is 5.69 Å². The van der Waals surface area contributed by atoms with Crippen LogP contribution in [0, 0.1) is 0 Å². The third-order valence-corrected chi connectivity index (χ3v) is 4.62. The molecular weight excluding hydrogens is 332 g/mol. The molecule has 0 bridgehead atoms. The number of amides is 2. The van der Waals surface area contributed by atoms with Crippen molar-refractivity contribution in [3.8, 4) is 0 Å². The van der Waals surface area contributed by atoms with Gasteiger partial charge < -0.3 is 10.6 Å². The molecule has 0 saturated heterocycles. The van der Waals surface area contributed by atoms with Crippen LogP contribution in [0.3, 0.4) is 0 Å². The van der Waals surface area contributed by atoms with Gasteiger partial charge in [-0.1, -0.05) is 44.5 Å². The second kappa shape index (κ2) is 9.89. The Hall–Kier alpha value is -2.27. The molecular formula is C20H24N2O2S. The second-order valence-corrected chi connectivity index (χ2v) is 6.84. The molecule has 2 rings (SSSR count). The van der Waals surface area contributed by atoms with Crippen molar-refractivity contribution < 1.29 is 9.59 Å². The van der Waals surface area contributed by atoms with Gasteiger partial charge in [0.2, 0.25) is 0 Å². The van der Waals surface area contributed by atoms with Gasteiger partial charge >= 0.3 is 0 Å². The van der Waals surface area contributed by atoms with Crippen LogP contribution in [0.5, 0.6) is 0 Å². The highest BCUT2D eigenvalue weighted by molar-refractivity contribution is 7.99. The zero-order valence-corrected chi connectivity index (χ0v) is 15.5. The topological polar surface area (TPSA) is 58.2 Å². The highest BCUT2D eigenvalue weighted by atomic mass is 32.2. The first kappa shape index (κ1) is 19.1. The first-order valence-corrected chi connectivity index (χ1v) is 9.56. The van der Waals surface area contributed by atoms with Crippen molar-refractivity contribution in [1.29, 1.82) is 0 Å². The highest BCUT2D eigenvalue weighted by Gasteiger charge is 2.15. The maximum Gasteiger partial charge on any atom is 0.256 e. The van der Waals surface area contributed by atoms with Crippen molar-refractivity contribution in [1.82, 2.24) is 5.32 Å². The third-order valence-electron chi connectivity index (χ3n) is 3.67. The number of benzene rings is 2. The lowest BCUT2D eigenvalue weighted by Crippen LogP contribution is -2.26. The van der Waals surface area contributed by atoms with Crippen LogP contribution >= 0.6 is 11.8 Å². The van der Waals surface area contributed by atoms with Crippen molar-refractivity contribution in [2.75, 3.05) is 17.6 Å². The number of hydrogen-bond acceptors (Lipinski definition) is 3. The summed E-state index contributed by atoms with van der Waals surface area (Å²) in [4.78, 5) is 26.0. The minimum absolute atomic E-state index is 0.166. The van der Waals surface area contributed by atoms with Gasteiger partial charge in [-0.3, -0.25) is 9.59 Å². The van der Waals surface area contributed by atoms with E-state index >= 15 is 0 Å². The maximum absolute atomic E-state index is 12.7. The summed E-state index contributed by atoms with van der Waals surface area (Å²) >= 11 is 1.62. The van der Waals surface area contributed by atoms with Gasteiger partial charge in [0, 0.05) is 11.4 Å². The van der Waals surface area contributed by atoms with Crippen LogP contribution in [0.1, 0.15) is 47.4 Å². The van der Waals surface area contributed by atoms with Crippen LogP contribution in [0.15, 0.2) is 53.4 Å². The molecule has 0 fully saturated rings. The largest absolute Gasteiger partial charge is 0.352 e. The minimum Gasteiger partial charge on any atom is -0.352 e. The molecule has 0 aliphatic carbocycles. The van der Waals surface area contributed by atoms with Crippen LogP contribution < -0.4 is 10.6 Å². The molecule has 0 radical (unpaired) electrons. The Morgan fingerprint density at radius 3 is 2.32 bits per heavy atom. The van der Waals surface area contributed by atoms with E-state index in [1.165, 1.54) is 0 Å². The highest BCUT2D eigenvalue weighted by Crippen LogP contribution is 2.24. The van der Waals surface area contributed by atoms with E-state index < -0.39 is 0 Å². The molecule has 0 saturated carbocycles. The smallest absolute Gasteiger partial charge is 0.256 e. The number of para-hydroxylation sites is 1. The average Bonchev–Trinajstić information content (AvgIpc) is 2.63. The van der Waals surface area contributed by atoms with Crippen molar-refractivity contribution in [2.24, 2.45) is 0 Å². The molecule has 132 valence electrons. The van der Waals surface area contributed by atoms with E-state index in [0.29, 0.717) is 23.4 Å². The lowest BCUT2D eigenvalue weighted by molar-refractivity contribution is 0.0954. The number of anilines is 1. The van der Waals surface area contributed by atoms with E-state index in [-0.39, 0.29) is 11.8 Å². The van der Waals surface area contributed by atoms with Gasteiger partial charge in [0.05, 0.1) is 16.8 Å². The van der Waals surface area contributed by atoms with Gasteiger partial charge in [0.1, 0.15) is 0 Å². The standard InChI is InChI=1S/C20H24N2O2S/c1-3-5-14-21-19(23)15-10-6-8-12-17(15)22-20(24)16-11-7-9-13-18(16)25-4-2/h6-13H,3-5,14H2,1-2H3,(H,21,23)(H,22,24). The average molecular weight is 356 g/mol. The molecule has 0 atom stereocenters. The molecule has 0 spiro atoms. The van der Waals surface area contributed by atoms with E-state index in [1.54, 1.807) is 36.0 Å². The maximum atomic E-state index is 12.7. The summed E-state index contributed by atoms with van der Waals surface area (Å²) in [5.41, 5.74) is 1.63. The van der Waals surface area contributed by atoms with Crippen LogP contribution in [0.25, 0.3) is 0 Å². The predicted octanol–water partition coefficient (Wildman–Crippen LogP) is 4.58. The Morgan fingerprint density at radius 1 is 0.920 bits per heavy atom. The molecule has 25 heavy (non-hydrogen) atoms. The summed E-state index contributed by atoms with van der Waals surface area (Å²) in [5, 5.41) is 5.77. The summed E-state index contributed by atoms with van der Waals surface area (Å²) < 4.78 is 0. The lowest BCUT2D eigenvalue weighted by atomic mass is 10.1. The van der Waals surface area contributed by atoms with E-state index in [9.17, 15) is 9.59 Å². The van der Waals surface area contributed by atoms with Crippen LogP contribution in [-0.4, -0.2) is 24.1 Å². The third kappa shape index (κ3) is 5.36. The summed E-state index contributed by atoms with van der Waals surface area (Å²) in [5.74, 6) is 0.520. The first-order valence-electron chi connectivity index (χ1n) is 8.57. The normalized spacial score (nSPS) is 10.3. The van der Waals surface area contributed by atoms with Gasteiger partial charge in [-0.25, -0.2) is 0 Å². The molecule has 5 heteroatoms. The van der Waals surface area contributed by atoms with Crippen LogP contribution in [0.2, 0.25) is 0 Å². The zero-order chi connectivity index (χ0) is 18.1. The van der Waals surface area contributed by atoms with Crippen molar-refractivity contribution in [2.45, 2.75) is 31.6 Å². The molecule has 0 aliphatic rings. The molecule has 0 heterocycles. The van der Waals surface area contributed by atoms with Crippen molar-refractivity contribution >= 4 is 29.3 Å². The fraction of sp³-hybridized carbons (Fsp3) is 0.300. The SMILES string of the molecule is CCCCNC(=O)c1ccccc1NC(=O)c1ccccc1SCC. The molecule has 2 amide bonds. The quantitative estimate of drug-likeness (QED) is 0.538. The number of unbranched alkanes of at least 4 members (excludes halogenated alkanes) is 1. The van der Waals surface area contributed by atoms with Gasteiger partial charge in [-0.15, -0.1) is 11.8 Å². The summed E-state index contributed by atoms with van der Waals surface area (Å²) in [6.45, 7) is 4.76. The Balaban J connectivity index is 2.18. The fourth-order valence-electron chi connectivity index (χ4n) is 2.39. The van der Waals surface area contributed by atoms with E-state index in [0.717, 1.165) is 23.5 Å². The number of carbonyl (C=O) groups excluding carboxylic acids is 2. The Bertz CT molecular complexity index is 731. The number of rotatable bonds is 8. The number of carbonyl (C=O) groups is 2. The number of hydrogen-bond donors (Lipinski definition) is 2. The first-order chi connectivity index (χ1) is 12.2. The van der Waals surface area contributed by atoms with Crippen molar-refractivity contribution in [3.05, 3.63) is 59.7 Å². The predicted molar refractivity (Wildman–Crippen MR) is 104 cm³/mol. The molecule has 2 aromatic rings. The lowest BCUT2D eigenvalue weighted by Gasteiger charge is -2.13. The molecule has 0 unspecified atom stereocenters. The summed E-state index contributed by atoms with van der Waals surface area (Å²) in [7, 11) is 0. The van der Waals surface area contributed by atoms with Crippen LogP contribution in [-0.2, 0) is 0 Å². The zero-order valence-electron chi connectivity index (χ0n) is 14.7. The molecule has 2 N–H and O–H groups in total. The summed E-state index contributed by atoms with van der Waals surface area (Å²) in [6, 6.07) is 14.6. The van der Waals surface area contributed by atoms with Gasteiger partial charge in [-0.2, -0.15) is 0 Å². The van der Waals surface area contributed by atoms with Gasteiger partial charge in [0.15, 0.2) is 0 Å². The molecule has 2 aromatic carbocycles. The van der Waals surface area contributed by atoms with E-state index in [1.807, 2.05) is 24.3 Å². The van der Waals surface area contributed by atoms with E-state index in [4.69, 9.17) is 0 Å². The van der Waals surface area contributed by atoms with Gasteiger partial charge in [0.25, 0.3) is 11.8 Å². The number of thioether (sulfide) groups is 1. The van der Waals surface area contributed by atoms with E-state index in [2.05, 4.69) is 24.5 Å². The Morgan fingerprint density at radius 2 is 1.60 bits per heavy atom. The Labute approximate surface area is 153 Å². The number of nitrogens with one attached hydrogen (secondary N) is 2. The fourth-order valence-corrected chi connectivity index (χ4v) is 3.19. The summed E-state index contributed by atoms with van der Waals surface area (Å²) in [6.07, 6.45) is 1.95. The monoisotopic (exact) mass is 356 g/mol. The Kier molecular flexibility index (Phi) is 7.54. The molecule has 0 aromatic heterocycles. The minimum atomic E-state index is -0.203. The molecule has 0 aliphatic heterocycles. The molecule has 4 nitrogen and oxygen atoms in total. The van der Waals surface area contributed by atoms with Gasteiger partial charge in [-0.05, 0) is 36.4 Å². The van der Waals surface area contributed by atoms with Crippen molar-refractivity contribution in [3.63, 3.8) is 0 Å². The second-order valence-electron chi connectivity index (χ2n) is 5.54.